The fourth-order valence-electron chi connectivity index (χ4n) is 0.697. The van der Waals surface area contributed by atoms with E-state index in [-0.39, 0.29) is 5.75 Å². The predicted molar refractivity (Wildman–Crippen MR) is 44.5 cm³/mol. The van der Waals surface area contributed by atoms with Crippen LogP contribution in [-0.2, 0) is 0 Å². The Bertz CT molecular complexity index is 210. The first-order chi connectivity index (χ1) is 4.61. The number of hydrogen-bond donors (Lipinski definition) is 3. The molecule has 1 aromatic carbocycles. The lowest BCUT2D eigenvalue weighted by Crippen LogP contribution is -1.87. The molecular formula is C7H9NOS. The van der Waals surface area contributed by atoms with Gasteiger partial charge in [0.05, 0.1) is 0 Å². The van der Waals surface area contributed by atoms with E-state index in [1.165, 1.54) is 6.07 Å². The van der Waals surface area contributed by atoms with E-state index in [0.717, 1.165) is 5.56 Å². The Morgan fingerprint density at radius 1 is 1.50 bits per heavy atom. The molecule has 0 saturated heterocycles. The smallest absolute Gasteiger partial charge is 0.120 e. The summed E-state index contributed by atoms with van der Waals surface area (Å²) in [4.78, 5) is 0.704. The van der Waals surface area contributed by atoms with Crippen molar-refractivity contribution in [2.75, 3.05) is 5.73 Å². The molecule has 10 heavy (non-hydrogen) atoms. The molecule has 1 rings (SSSR count). The molecule has 0 unspecified atom stereocenters. The van der Waals surface area contributed by atoms with Crippen LogP contribution in [0.2, 0.25) is 0 Å². The summed E-state index contributed by atoms with van der Waals surface area (Å²) in [5, 5.41) is 9.11. The molecule has 0 bridgehead atoms. The van der Waals surface area contributed by atoms with Crippen molar-refractivity contribution in [3.63, 3.8) is 0 Å². The standard InChI is InChI=1S/C7H9NOS/c1-4-2-7(10)5(8)3-6(4)9/h2-3,9-10H,8H2,1H3. The SMILES string of the molecule is Cc1cc(S)c(N)cc1O. The fraction of sp³-hybridized carbons (Fsp3) is 0.143. The maximum atomic E-state index is 9.11. The summed E-state index contributed by atoms with van der Waals surface area (Å²) in [5.41, 5.74) is 6.75. The average Bonchev–Trinajstić information content (AvgIpc) is 1.84. The van der Waals surface area contributed by atoms with Gasteiger partial charge in [0.25, 0.3) is 0 Å². The maximum absolute atomic E-state index is 9.11. The first kappa shape index (κ1) is 7.28. The molecule has 0 atom stereocenters. The molecule has 3 heteroatoms. The van der Waals surface area contributed by atoms with Gasteiger partial charge in [0.2, 0.25) is 0 Å². The van der Waals surface area contributed by atoms with Gasteiger partial charge in [0, 0.05) is 16.6 Å². The number of aromatic hydroxyl groups is 1. The highest BCUT2D eigenvalue weighted by Crippen LogP contribution is 2.25. The van der Waals surface area contributed by atoms with E-state index in [9.17, 15) is 0 Å². The monoisotopic (exact) mass is 155 g/mol. The Morgan fingerprint density at radius 2 is 2.10 bits per heavy atom. The molecule has 0 aliphatic rings. The van der Waals surface area contributed by atoms with Gasteiger partial charge in [-0.2, -0.15) is 0 Å². The maximum Gasteiger partial charge on any atom is 0.120 e. The van der Waals surface area contributed by atoms with Crippen LogP contribution >= 0.6 is 12.6 Å². The highest BCUT2D eigenvalue weighted by Gasteiger charge is 1.98. The second kappa shape index (κ2) is 2.42. The molecule has 0 fully saturated rings. The molecule has 0 heterocycles. The molecule has 54 valence electrons. The second-order valence-corrected chi connectivity index (χ2v) is 2.68. The lowest BCUT2D eigenvalue weighted by Gasteiger charge is -2.02. The zero-order chi connectivity index (χ0) is 7.72. The van der Waals surface area contributed by atoms with Gasteiger partial charge in [-0.1, -0.05) is 0 Å². The summed E-state index contributed by atoms with van der Waals surface area (Å²) in [6.45, 7) is 1.80. The molecule has 0 aromatic heterocycles. The largest absolute Gasteiger partial charge is 0.508 e. The second-order valence-electron chi connectivity index (χ2n) is 2.20. The minimum atomic E-state index is 0.218. The predicted octanol–water partition coefficient (Wildman–Crippen LogP) is 1.57. The molecule has 2 nitrogen and oxygen atoms in total. The zero-order valence-corrected chi connectivity index (χ0v) is 6.52. The quantitative estimate of drug-likeness (QED) is 0.393. The Morgan fingerprint density at radius 3 is 2.60 bits per heavy atom. The fourth-order valence-corrected chi connectivity index (χ4v) is 0.956. The average molecular weight is 155 g/mol. The van der Waals surface area contributed by atoms with E-state index < -0.39 is 0 Å². The van der Waals surface area contributed by atoms with E-state index in [1.54, 1.807) is 13.0 Å². The molecule has 3 N–H and O–H groups in total. The van der Waals surface area contributed by atoms with Crippen molar-refractivity contribution in [2.45, 2.75) is 11.8 Å². The molecule has 0 spiro atoms. The molecule has 1 aromatic rings. The summed E-state index contributed by atoms with van der Waals surface area (Å²) in [5.74, 6) is 0.218. The minimum Gasteiger partial charge on any atom is -0.508 e. The molecular weight excluding hydrogens is 146 g/mol. The van der Waals surface area contributed by atoms with Crippen molar-refractivity contribution in [3.8, 4) is 5.75 Å². The van der Waals surface area contributed by atoms with Gasteiger partial charge in [-0.25, -0.2) is 0 Å². The third-order valence-corrected chi connectivity index (χ3v) is 1.73. The number of rotatable bonds is 0. The van der Waals surface area contributed by atoms with Gasteiger partial charge >= 0.3 is 0 Å². The normalized spacial score (nSPS) is 9.80. The number of anilines is 1. The summed E-state index contributed by atoms with van der Waals surface area (Å²) >= 11 is 4.08. The number of thiol groups is 1. The van der Waals surface area contributed by atoms with Crippen molar-refractivity contribution in [1.29, 1.82) is 0 Å². The number of phenols is 1. The lowest BCUT2D eigenvalue weighted by molar-refractivity contribution is 0.471. The van der Waals surface area contributed by atoms with Crippen LogP contribution in [-0.4, -0.2) is 5.11 Å². The van der Waals surface area contributed by atoms with E-state index >= 15 is 0 Å². The van der Waals surface area contributed by atoms with E-state index in [0.29, 0.717) is 10.6 Å². The third-order valence-electron chi connectivity index (χ3n) is 1.35. The first-order valence-electron chi connectivity index (χ1n) is 2.89. The number of nitrogens with two attached hydrogens (primary N) is 1. The number of phenolic OH excluding ortho intramolecular Hbond substituents is 1. The van der Waals surface area contributed by atoms with Crippen LogP contribution in [0.3, 0.4) is 0 Å². The van der Waals surface area contributed by atoms with Crippen molar-refractivity contribution in [3.05, 3.63) is 17.7 Å². The van der Waals surface area contributed by atoms with Crippen molar-refractivity contribution in [1.82, 2.24) is 0 Å². The Kier molecular flexibility index (Phi) is 1.76. The zero-order valence-electron chi connectivity index (χ0n) is 5.63. The summed E-state index contributed by atoms with van der Waals surface area (Å²) in [7, 11) is 0. The Labute approximate surface area is 65.1 Å². The highest BCUT2D eigenvalue weighted by atomic mass is 32.1. The van der Waals surface area contributed by atoms with E-state index in [2.05, 4.69) is 12.6 Å². The van der Waals surface area contributed by atoms with Gasteiger partial charge in [-0.3, -0.25) is 0 Å². The van der Waals surface area contributed by atoms with Crippen molar-refractivity contribution in [2.24, 2.45) is 0 Å². The van der Waals surface area contributed by atoms with Crippen LogP contribution in [0.5, 0.6) is 5.75 Å². The summed E-state index contributed by atoms with van der Waals surface area (Å²) in [6, 6.07) is 3.23. The summed E-state index contributed by atoms with van der Waals surface area (Å²) < 4.78 is 0. The minimum absolute atomic E-state index is 0.218. The van der Waals surface area contributed by atoms with Gasteiger partial charge in [-0.15, -0.1) is 12.6 Å². The number of benzene rings is 1. The molecule has 0 saturated carbocycles. The summed E-state index contributed by atoms with van der Waals surface area (Å²) in [6.07, 6.45) is 0. The number of aryl methyl sites for hydroxylation is 1. The first-order valence-corrected chi connectivity index (χ1v) is 3.34. The van der Waals surface area contributed by atoms with Crippen LogP contribution < -0.4 is 5.73 Å². The van der Waals surface area contributed by atoms with E-state index in [4.69, 9.17) is 10.8 Å². The van der Waals surface area contributed by atoms with Gasteiger partial charge < -0.3 is 10.8 Å². The number of hydrogen-bond acceptors (Lipinski definition) is 3. The van der Waals surface area contributed by atoms with Crippen molar-refractivity contribution < 1.29 is 5.11 Å². The van der Waals surface area contributed by atoms with Gasteiger partial charge in [0.15, 0.2) is 0 Å². The topological polar surface area (TPSA) is 46.2 Å². The molecule has 0 radical (unpaired) electrons. The van der Waals surface area contributed by atoms with Crippen LogP contribution in [0.15, 0.2) is 17.0 Å². The molecule has 0 amide bonds. The van der Waals surface area contributed by atoms with Crippen LogP contribution in [0.25, 0.3) is 0 Å². The van der Waals surface area contributed by atoms with Gasteiger partial charge in [-0.05, 0) is 18.6 Å². The lowest BCUT2D eigenvalue weighted by atomic mass is 10.2. The third kappa shape index (κ3) is 1.19. The van der Waals surface area contributed by atoms with Gasteiger partial charge in [0.1, 0.15) is 5.75 Å². The molecule has 0 aliphatic heterocycles. The number of nitrogen functional groups attached to an aromatic ring is 1. The Hall–Kier alpha value is -0.830. The van der Waals surface area contributed by atoms with Crippen LogP contribution in [0.4, 0.5) is 5.69 Å². The highest BCUT2D eigenvalue weighted by molar-refractivity contribution is 7.80. The Balaban J connectivity index is 3.28. The van der Waals surface area contributed by atoms with Crippen LogP contribution in [0.1, 0.15) is 5.56 Å². The molecule has 0 aliphatic carbocycles. The van der Waals surface area contributed by atoms with E-state index in [1.807, 2.05) is 0 Å². The van der Waals surface area contributed by atoms with Crippen molar-refractivity contribution >= 4 is 18.3 Å². The van der Waals surface area contributed by atoms with Crippen LogP contribution in [0, 0.1) is 6.92 Å².